The predicted molar refractivity (Wildman–Crippen MR) is 152 cm³/mol. The first-order chi connectivity index (χ1) is 17.8. The lowest BCUT2D eigenvalue weighted by atomic mass is 9.76. The van der Waals surface area contributed by atoms with Crippen molar-refractivity contribution in [1.29, 1.82) is 0 Å². The van der Waals surface area contributed by atoms with E-state index in [-0.39, 0.29) is 24.2 Å². The van der Waals surface area contributed by atoms with Crippen molar-refractivity contribution in [2.24, 2.45) is 17.8 Å². The Morgan fingerprint density at radius 2 is 1.59 bits per heavy atom. The Hall–Kier alpha value is -1.44. The highest BCUT2D eigenvalue weighted by atomic mass is 79.9. The van der Waals surface area contributed by atoms with Gasteiger partial charge in [0.1, 0.15) is 0 Å². The zero-order chi connectivity index (χ0) is 26.1. The molecule has 37 heavy (non-hydrogen) atoms. The van der Waals surface area contributed by atoms with Crippen LogP contribution in [0.5, 0.6) is 0 Å². The first-order valence-corrected chi connectivity index (χ1v) is 15.4. The molecule has 0 bridgehead atoms. The normalized spacial score (nSPS) is 24.2. The maximum Gasteiger partial charge on any atom is 0.303 e. The number of nitrogens with zero attached hydrogens (tertiary/aromatic N) is 2. The number of pyridine rings is 1. The van der Waals surface area contributed by atoms with Gasteiger partial charge >= 0.3 is 5.97 Å². The summed E-state index contributed by atoms with van der Waals surface area (Å²) < 4.78 is 2.06. The maximum absolute atomic E-state index is 13.2. The van der Waals surface area contributed by atoms with Crippen molar-refractivity contribution in [2.75, 3.05) is 13.1 Å². The van der Waals surface area contributed by atoms with Crippen molar-refractivity contribution >= 4 is 55.3 Å². The molecule has 8 heteroatoms. The van der Waals surface area contributed by atoms with Crippen LogP contribution in [0.1, 0.15) is 79.7 Å². The molecular weight excluding hydrogens is 620 g/mol. The molecule has 0 spiro atoms. The summed E-state index contributed by atoms with van der Waals surface area (Å²) in [7, 11) is 0. The van der Waals surface area contributed by atoms with Gasteiger partial charge in [-0.3, -0.25) is 14.6 Å². The van der Waals surface area contributed by atoms with E-state index >= 15 is 0 Å². The summed E-state index contributed by atoms with van der Waals surface area (Å²) in [5.41, 5.74) is 5.04. The summed E-state index contributed by atoms with van der Waals surface area (Å²) in [6, 6.07) is 6.32. The lowest BCUT2D eigenvalue weighted by Crippen LogP contribution is -2.41. The molecule has 2 aliphatic carbocycles. The molecule has 0 radical (unpaired) electrons. The molecule has 1 aromatic heterocycles. The molecule has 3 aliphatic rings. The number of piperidine rings is 1. The molecule has 5 rings (SSSR count). The lowest BCUT2D eigenvalue weighted by molar-refractivity contribution is -0.139. The van der Waals surface area contributed by atoms with Crippen LogP contribution in [0.2, 0.25) is 5.02 Å². The van der Waals surface area contributed by atoms with Crippen LogP contribution in [0.25, 0.3) is 0 Å². The Labute approximate surface area is 240 Å². The third-order valence-corrected chi connectivity index (χ3v) is 9.98. The van der Waals surface area contributed by atoms with Crippen molar-refractivity contribution < 1.29 is 14.7 Å². The Morgan fingerprint density at radius 1 is 0.946 bits per heavy atom. The highest BCUT2D eigenvalue weighted by molar-refractivity contribution is 9.10. The van der Waals surface area contributed by atoms with Crippen LogP contribution in [0.4, 0.5) is 0 Å². The number of amides is 1. The number of fused-ring (bicyclic) bond motifs is 2. The van der Waals surface area contributed by atoms with Gasteiger partial charge in [0.2, 0.25) is 5.91 Å². The number of carbonyl (C=O) groups is 2. The van der Waals surface area contributed by atoms with Crippen LogP contribution in [0.15, 0.2) is 33.3 Å². The SMILES string of the molecule is O=C(O)CC1CCC(CC(=O)N2CCC([C@H]3c4ncc(Br)cc4CCc4cc(Cl)cc(Br)c43)CC2)CC1. The zero-order valence-electron chi connectivity index (χ0n) is 20.9. The summed E-state index contributed by atoms with van der Waals surface area (Å²) in [6.07, 6.45) is 10.3. The molecule has 2 fully saturated rings. The second-order valence-electron chi connectivity index (χ2n) is 11.0. The minimum atomic E-state index is -0.709. The van der Waals surface area contributed by atoms with Gasteiger partial charge in [-0.05, 0) is 120 Å². The summed E-state index contributed by atoms with van der Waals surface area (Å²) in [4.78, 5) is 31.2. The van der Waals surface area contributed by atoms with Crippen molar-refractivity contribution in [3.05, 3.63) is 60.7 Å². The molecule has 2 heterocycles. The Bertz CT molecular complexity index is 1170. The molecule has 198 valence electrons. The fourth-order valence-electron chi connectivity index (χ4n) is 6.78. The van der Waals surface area contributed by atoms with E-state index < -0.39 is 5.97 Å². The molecule has 1 aromatic carbocycles. The molecule has 1 aliphatic heterocycles. The molecule has 1 amide bonds. The monoisotopic (exact) mass is 650 g/mol. The highest BCUT2D eigenvalue weighted by Crippen LogP contribution is 2.46. The van der Waals surface area contributed by atoms with Crippen LogP contribution in [-0.2, 0) is 22.4 Å². The fourth-order valence-corrected chi connectivity index (χ4v) is 8.27. The molecule has 1 atom stereocenters. The first kappa shape index (κ1) is 27.1. The molecule has 0 unspecified atom stereocenters. The molecule has 2 aromatic rings. The minimum absolute atomic E-state index is 0.175. The molecule has 1 saturated heterocycles. The number of carboxylic acid groups (broad SMARTS) is 1. The predicted octanol–water partition coefficient (Wildman–Crippen LogP) is 7.40. The van der Waals surface area contributed by atoms with E-state index in [1.165, 1.54) is 16.7 Å². The van der Waals surface area contributed by atoms with Crippen molar-refractivity contribution in [1.82, 2.24) is 9.88 Å². The Morgan fingerprint density at radius 3 is 2.27 bits per heavy atom. The van der Waals surface area contributed by atoms with E-state index in [0.717, 1.165) is 84.1 Å². The molecular formula is C29H33Br2ClN2O3. The second-order valence-corrected chi connectivity index (χ2v) is 13.2. The summed E-state index contributed by atoms with van der Waals surface area (Å²) in [5, 5.41) is 9.80. The van der Waals surface area contributed by atoms with E-state index in [1.54, 1.807) is 0 Å². The molecule has 5 nitrogen and oxygen atoms in total. The first-order valence-electron chi connectivity index (χ1n) is 13.4. The van der Waals surface area contributed by atoms with E-state index in [0.29, 0.717) is 18.3 Å². The summed E-state index contributed by atoms with van der Waals surface area (Å²) >= 11 is 13.9. The smallest absolute Gasteiger partial charge is 0.303 e. The number of hydrogen-bond donors (Lipinski definition) is 1. The topological polar surface area (TPSA) is 70.5 Å². The number of aromatic nitrogens is 1. The van der Waals surface area contributed by atoms with Crippen molar-refractivity contribution in [3.63, 3.8) is 0 Å². The van der Waals surface area contributed by atoms with Crippen molar-refractivity contribution in [2.45, 2.75) is 70.1 Å². The summed E-state index contributed by atoms with van der Waals surface area (Å²) in [5.74, 6) is 0.787. The van der Waals surface area contributed by atoms with Crippen LogP contribution >= 0.6 is 43.5 Å². The number of carboxylic acids is 1. The average molecular weight is 653 g/mol. The Balaban J connectivity index is 1.27. The highest BCUT2D eigenvalue weighted by Gasteiger charge is 2.36. The number of aliphatic carboxylic acids is 1. The van der Waals surface area contributed by atoms with E-state index in [4.69, 9.17) is 21.7 Å². The number of hydrogen-bond acceptors (Lipinski definition) is 3. The quantitative estimate of drug-likeness (QED) is 0.366. The third-order valence-electron chi connectivity index (χ3n) is 8.67. The minimum Gasteiger partial charge on any atom is -0.481 e. The van der Waals surface area contributed by atoms with Crippen molar-refractivity contribution in [3.8, 4) is 0 Å². The summed E-state index contributed by atoms with van der Waals surface area (Å²) in [6.45, 7) is 1.56. The molecule has 1 N–H and O–H groups in total. The average Bonchev–Trinajstić information content (AvgIpc) is 3.02. The number of benzene rings is 1. The van der Waals surface area contributed by atoms with Gasteiger partial charge in [0.05, 0.1) is 5.69 Å². The van der Waals surface area contributed by atoms with Crippen LogP contribution in [-0.4, -0.2) is 40.0 Å². The van der Waals surface area contributed by atoms with Gasteiger partial charge in [-0.25, -0.2) is 0 Å². The van der Waals surface area contributed by atoms with Gasteiger partial charge in [0.15, 0.2) is 0 Å². The van der Waals surface area contributed by atoms with Gasteiger partial charge in [0.25, 0.3) is 0 Å². The van der Waals surface area contributed by atoms with Crippen LogP contribution in [0.3, 0.4) is 0 Å². The molecule has 1 saturated carbocycles. The lowest BCUT2D eigenvalue weighted by Gasteiger charge is -2.38. The number of aryl methyl sites for hydroxylation is 2. The van der Waals surface area contributed by atoms with Gasteiger partial charge < -0.3 is 10.0 Å². The van der Waals surface area contributed by atoms with E-state index in [1.807, 2.05) is 12.3 Å². The third kappa shape index (κ3) is 6.25. The largest absolute Gasteiger partial charge is 0.481 e. The zero-order valence-corrected chi connectivity index (χ0v) is 24.8. The van der Waals surface area contributed by atoms with E-state index in [9.17, 15) is 9.59 Å². The van der Waals surface area contributed by atoms with Gasteiger partial charge in [-0.15, -0.1) is 0 Å². The number of halogens is 3. The standard InChI is InChI=1S/C29H33Br2ClN2O3/c30-22-13-21-6-5-20-14-23(32)15-24(31)27(20)28(29(21)33-16-22)19-7-9-34(10-8-19)25(35)11-17-1-3-18(4-2-17)12-26(36)37/h13-19,28H,1-12H2,(H,36,37)/t17?,18?,28-/m1/s1. The second kappa shape index (κ2) is 11.7. The number of likely N-dealkylation sites (tertiary alicyclic amines) is 1. The van der Waals surface area contributed by atoms with Gasteiger partial charge in [-0.2, -0.15) is 0 Å². The van der Waals surface area contributed by atoms with E-state index in [2.05, 4.69) is 48.9 Å². The van der Waals surface area contributed by atoms with Gasteiger partial charge in [-0.1, -0.05) is 27.5 Å². The maximum atomic E-state index is 13.2. The van der Waals surface area contributed by atoms with Crippen LogP contribution < -0.4 is 0 Å². The fraction of sp³-hybridized carbons (Fsp3) is 0.552. The number of rotatable bonds is 5. The van der Waals surface area contributed by atoms with Crippen LogP contribution in [0, 0.1) is 17.8 Å². The Kier molecular flexibility index (Phi) is 8.62. The number of carbonyl (C=O) groups excluding carboxylic acids is 1. The van der Waals surface area contributed by atoms with Gasteiger partial charge in [0, 0.05) is 52.0 Å².